The van der Waals surface area contributed by atoms with E-state index in [1.807, 2.05) is 0 Å². The van der Waals surface area contributed by atoms with E-state index in [1.54, 1.807) is 4.90 Å². The average Bonchev–Trinajstić information content (AvgIpc) is 2.40. The number of hydrogen-bond acceptors (Lipinski definition) is 3. The van der Waals surface area contributed by atoms with Gasteiger partial charge < -0.3 is 14.8 Å². The molecule has 2 rings (SSSR count). The van der Waals surface area contributed by atoms with Crippen LogP contribution >= 0.6 is 0 Å². The van der Waals surface area contributed by atoms with E-state index < -0.39 is 11.7 Å². The molecule has 0 radical (unpaired) electrons. The van der Waals surface area contributed by atoms with Crippen molar-refractivity contribution in [1.29, 1.82) is 0 Å². The molecule has 19 heavy (non-hydrogen) atoms. The number of oxime groups is 1. The second-order valence-corrected chi connectivity index (χ2v) is 4.07. The van der Waals surface area contributed by atoms with E-state index in [-0.39, 0.29) is 11.4 Å². The standard InChI is InChI=1S/C12H13F3N2O2/c13-12(14,15)10-4-2-1-3-9(10)11(16-18)17-5-7-19-8-6-17/h1-4,18H,5-8H2/b16-11-. The summed E-state index contributed by atoms with van der Waals surface area (Å²) in [6.45, 7) is 1.58. The zero-order chi connectivity index (χ0) is 13.9. The van der Waals surface area contributed by atoms with Crippen LogP contribution in [0.1, 0.15) is 11.1 Å². The molecule has 0 aliphatic carbocycles. The number of rotatable bonds is 1. The molecule has 1 saturated heterocycles. The third-order valence-electron chi connectivity index (χ3n) is 2.88. The molecule has 1 aromatic carbocycles. The SMILES string of the molecule is O/N=C(/c1ccccc1C(F)(F)F)N1CCOCC1. The van der Waals surface area contributed by atoms with Crippen LogP contribution in [0.3, 0.4) is 0 Å². The number of nitrogens with zero attached hydrogens (tertiary/aromatic N) is 2. The van der Waals surface area contributed by atoms with Crippen molar-refractivity contribution in [1.82, 2.24) is 4.90 Å². The molecule has 0 saturated carbocycles. The van der Waals surface area contributed by atoms with Crippen molar-refractivity contribution in [3.63, 3.8) is 0 Å². The molecule has 1 aromatic rings. The topological polar surface area (TPSA) is 45.1 Å². The Morgan fingerprint density at radius 1 is 1.21 bits per heavy atom. The van der Waals surface area contributed by atoms with E-state index in [0.717, 1.165) is 6.07 Å². The summed E-state index contributed by atoms with van der Waals surface area (Å²) >= 11 is 0. The Hall–Kier alpha value is -1.76. The lowest BCUT2D eigenvalue weighted by Gasteiger charge is -2.29. The quantitative estimate of drug-likeness (QED) is 0.369. The molecule has 1 fully saturated rings. The van der Waals surface area contributed by atoms with Crippen LogP contribution in [-0.2, 0) is 10.9 Å². The van der Waals surface area contributed by atoms with E-state index in [4.69, 9.17) is 9.94 Å². The molecule has 1 aliphatic heterocycles. The fourth-order valence-corrected chi connectivity index (χ4v) is 1.99. The van der Waals surface area contributed by atoms with Crippen molar-refractivity contribution < 1.29 is 23.1 Å². The molecule has 0 amide bonds. The predicted molar refractivity (Wildman–Crippen MR) is 62.2 cm³/mol. The van der Waals surface area contributed by atoms with Crippen molar-refractivity contribution in [2.24, 2.45) is 5.16 Å². The number of hydrogen-bond donors (Lipinski definition) is 1. The van der Waals surface area contributed by atoms with E-state index in [9.17, 15) is 13.2 Å². The first kappa shape index (κ1) is 13.7. The minimum Gasteiger partial charge on any atom is -0.409 e. The maximum atomic E-state index is 12.9. The zero-order valence-corrected chi connectivity index (χ0v) is 10.0. The second kappa shape index (κ2) is 5.48. The monoisotopic (exact) mass is 274 g/mol. The molecule has 1 heterocycles. The van der Waals surface area contributed by atoms with Gasteiger partial charge >= 0.3 is 6.18 Å². The molecule has 0 spiro atoms. The van der Waals surface area contributed by atoms with Crippen LogP contribution in [0.15, 0.2) is 29.4 Å². The van der Waals surface area contributed by atoms with Crippen molar-refractivity contribution in [2.75, 3.05) is 26.3 Å². The van der Waals surface area contributed by atoms with Gasteiger partial charge in [0.15, 0.2) is 5.84 Å². The lowest BCUT2D eigenvalue weighted by Crippen LogP contribution is -2.41. The van der Waals surface area contributed by atoms with Crippen molar-refractivity contribution in [3.05, 3.63) is 35.4 Å². The van der Waals surface area contributed by atoms with Crippen LogP contribution in [0.2, 0.25) is 0 Å². The molecule has 104 valence electrons. The molecule has 7 heteroatoms. The van der Waals surface area contributed by atoms with Gasteiger partial charge in [0.1, 0.15) is 0 Å². The van der Waals surface area contributed by atoms with E-state index in [2.05, 4.69) is 5.16 Å². The summed E-state index contributed by atoms with van der Waals surface area (Å²) in [5.74, 6) is -0.0729. The zero-order valence-electron chi connectivity index (χ0n) is 10.0. The van der Waals surface area contributed by atoms with Gasteiger partial charge in [-0.2, -0.15) is 13.2 Å². The van der Waals surface area contributed by atoms with Gasteiger partial charge in [-0.15, -0.1) is 0 Å². The minimum absolute atomic E-state index is 0.0729. The van der Waals surface area contributed by atoms with Gasteiger partial charge in [-0.05, 0) is 6.07 Å². The lowest BCUT2D eigenvalue weighted by atomic mass is 10.1. The summed E-state index contributed by atoms with van der Waals surface area (Å²) in [5, 5.41) is 12.1. The summed E-state index contributed by atoms with van der Waals surface area (Å²) in [6, 6.07) is 5.06. The molecule has 0 bridgehead atoms. The highest BCUT2D eigenvalue weighted by molar-refractivity contribution is 5.99. The first-order valence-corrected chi connectivity index (χ1v) is 5.75. The molecule has 0 atom stereocenters. The first-order chi connectivity index (χ1) is 9.04. The second-order valence-electron chi connectivity index (χ2n) is 4.07. The number of benzene rings is 1. The van der Waals surface area contributed by atoms with Gasteiger partial charge in [-0.1, -0.05) is 23.4 Å². The highest BCUT2D eigenvalue weighted by Crippen LogP contribution is 2.32. The summed E-state index contributed by atoms with van der Waals surface area (Å²) < 4.78 is 43.9. The lowest BCUT2D eigenvalue weighted by molar-refractivity contribution is -0.137. The Labute approximate surface area is 108 Å². The molecule has 1 N–H and O–H groups in total. The molecule has 0 aromatic heterocycles. The fourth-order valence-electron chi connectivity index (χ4n) is 1.99. The average molecular weight is 274 g/mol. The summed E-state index contributed by atoms with van der Waals surface area (Å²) in [4.78, 5) is 1.58. The van der Waals surface area contributed by atoms with Gasteiger partial charge in [-0.25, -0.2) is 0 Å². The van der Waals surface area contributed by atoms with Gasteiger partial charge in [0.2, 0.25) is 0 Å². The van der Waals surface area contributed by atoms with Crippen LogP contribution in [0.25, 0.3) is 0 Å². The number of morpholine rings is 1. The van der Waals surface area contributed by atoms with Crippen LogP contribution in [0.4, 0.5) is 13.2 Å². The van der Waals surface area contributed by atoms with Crippen LogP contribution < -0.4 is 0 Å². The summed E-state index contributed by atoms with van der Waals surface area (Å²) in [6.07, 6.45) is -4.49. The number of amidine groups is 1. The smallest absolute Gasteiger partial charge is 0.409 e. The predicted octanol–water partition coefficient (Wildman–Crippen LogP) is 2.17. The van der Waals surface area contributed by atoms with Crippen LogP contribution in [-0.4, -0.2) is 42.2 Å². The third-order valence-corrected chi connectivity index (χ3v) is 2.88. The maximum Gasteiger partial charge on any atom is 0.417 e. The minimum atomic E-state index is -4.49. The number of halogens is 3. The number of ether oxygens (including phenoxy) is 1. The first-order valence-electron chi connectivity index (χ1n) is 5.75. The largest absolute Gasteiger partial charge is 0.417 e. The molecular formula is C12H13F3N2O2. The Balaban J connectivity index is 2.39. The van der Waals surface area contributed by atoms with Gasteiger partial charge in [0, 0.05) is 18.7 Å². The Morgan fingerprint density at radius 3 is 2.42 bits per heavy atom. The Bertz CT molecular complexity index is 468. The highest BCUT2D eigenvalue weighted by atomic mass is 19.4. The molecular weight excluding hydrogens is 261 g/mol. The fraction of sp³-hybridized carbons (Fsp3) is 0.417. The molecule has 1 aliphatic rings. The Kier molecular flexibility index (Phi) is 3.94. The van der Waals surface area contributed by atoms with Crippen LogP contribution in [0.5, 0.6) is 0 Å². The Morgan fingerprint density at radius 2 is 1.84 bits per heavy atom. The summed E-state index contributed by atoms with van der Waals surface area (Å²) in [7, 11) is 0. The van der Waals surface area contributed by atoms with Crippen molar-refractivity contribution in [2.45, 2.75) is 6.18 Å². The van der Waals surface area contributed by atoms with Gasteiger partial charge in [0.05, 0.1) is 18.8 Å². The van der Waals surface area contributed by atoms with Crippen LogP contribution in [0, 0.1) is 0 Å². The molecule has 4 nitrogen and oxygen atoms in total. The third kappa shape index (κ3) is 2.98. The summed E-state index contributed by atoms with van der Waals surface area (Å²) in [5.41, 5.74) is -0.936. The van der Waals surface area contributed by atoms with Crippen molar-refractivity contribution >= 4 is 5.84 Å². The van der Waals surface area contributed by atoms with E-state index in [0.29, 0.717) is 26.3 Å². The van der Waals surface area contributed by atoms with Crippen molar-refractivity contribution in [3.8, 4) is 0 Å². The van der Waals surface area contributed by atoms with Gasteiger partial charge in [0.25, 0.3) is 0 Å². The normalized spacial score (nSPS) is 17.6. The van der Waals surface area contributed by atoms with E-state index in [1.165, 1.54) is 18.2 Å². The van der Waals surface area contributed by atoms with Gasteiger partial charge in [-0.3, -0.25) is 0 Å². The van der Waals surface area contributed by atoms with E-state index >= 15 is 0 Å². The maximum absolute atomic E-state index is 12.9. The highest BCUT2D eigenvalue weighted by Gasteiger charge is 2.35. The number of alkyl halides is 3. The molecule has 0 unspecified atom stereocenters.